The summed E-state index contributed by atoms with van der Waals surface area (Å²) in [6.07, 6.45) is 1.30. The summed E-state index contributed by atoms with van der Waals surface area (Å²) < 4.78 is 0. The molecule has 0 aromatic carbocycles. The van der Waals surface area contributed by atoms with Gasteiger partial charge in [0.05, 0.1) is 0 Å². The predicted molar refractivity (Wildman–Crippen MR) is 60.1 cm³/mol. The van der Waals surface area contributed by atoms with Crippen LogP contribution in [0.1, 0.15) is 34.1 Å². The van der Waals surface area contributed by atoms with Crippen molar-refractivity contribution in [3.8, 4) is 0 Å². The van der Waals surface area contributed by atoms with E-state index in [9.17, 15) is 0 Å². The Bertz CT molecular complexity index is 111. The molecule has 0 aromatic rings. The summed E-state index contributed by atoms with van der Waals surface area (Å²) in [5, 5.41) is 3.42. The van der Waals surface area contributed by atoms with Crippen LogP contribution in [0.2, 0.25) is 0 Å². The van der Waals surface area contributed by atoms with Crippen molar-refractivity contribution in [2.75, 3.05) is 26.7 Å². The van der Waals surface area contributed by atoms with Crippen molar-refractivity contribution in [3.63, 3.8) is 0 Å². The molecule has 0 bridgehead atoms. The smallest absolute Gasteiger partial charge is 0.0104 e. The second-order valence-corrected chi connectivity index (χ2v) is 4.59. The van der Waals surface area contributed by atoms with Gasteiger partial charge < -0.3 is 10.2 Å². The van der Waals surface area contributed by atoms with Crippen LogP contribution < -0.4 is 5.32 Å². The molecular weight excluding hydrogens is 160 g/mol. The van der Waals surface area contributed by atoms with E-state index < -0.39 is 0 Å². The molecule has 0 amide bonds. The Morgan fingerprint density at radius 1 is 1.08 bits per heavy atom. The number of hydrogen-bond acceptors (Lipinski definition) is 2. The van der Waals surface area contributed by atoms with Crippen LogP contribution in [0.3, 0.4) is 0 Å². The average molecular weight is 186 g/mol. The van der Waals surface area contributed by atoms with E-state index in [4.69, 9.17) is 0 Å². The van der Waals surface area contributed by atoms with Gasteiger partial charge in [-0.05, 0) is 25.9 Å². The van der Waals surface area contributed by atoms with E-state index in [0.29, 0.717) is 6.04 Å². The van der Waals surface area contributed by atoms with Gasteiger partial charge in [0.15, 0.2) is 0 Å². The summed E-state index contributed by atoms with van der Waals surface area (Å²) in [6, 6.07) is 0.610. The Morgan fingerprint density at radius 2 is 1.69 bits per heavy atom. The molecule has 0 aliphatic carbocycles. The van der Waals surface area contributed by atoms with Crippen molar-refractivity contribution in [3.05, 3.63) is 0 Å². The molecule has 0 heterocycles. The minimum Gasteiger partial charge on any atom is -0.313 e. The van der Waals surface area contributed by atoms with E-state index in [-0.39, 0.29) is 0 Å². The van der Waals surface area contributed by atoms with E-state index in [0.717, 1.165) is 19.0 Å². The monoisotopic (exact) mass is 186 g/mol. The lowest BCUT2D eigenvalue weighted by molar-refractivity contribution is 0.305. The summed E-state index contributed by atoms with van der Waals surface area (Å²) in [7, 11) is 2.20. The molecule has 0 rings (SSSR count). The molecule has 0 unspecified atom stereocenters. The molecule has 0 spiro atoms. The highest BCUT2D eigenvalue weighted by Gasteiger charge is 2.00. The molecule has 0 aromatic heterocycles. The summed E-state index contributed by atoms with van der Waals surface area (Å²) in [4.78, 5) is 2.40. The van der Waals surface area contributed by atoms with Crippen LogP contribution in [-0.2, 0) is 0 Å². The minimum atomic E-state index is 0.610. The fraction of sp³-hybridized carbons (Fsp3) is 1.00. The topological polar surface area (TPSA) is 15.3 Å². The molecule has 0 saturated carbocycles. The first-order valence-electron chi connectivity index (χ1n) is 5.44. The van der Waals surface area contributed by atoms with Crippen molar-refractivity contribution in [2.45, 2.75) is 40.2 Å². The number of likely N-dealkylation sites (N-methyl/N-ethyl adjacent to an activating group) is 1. The summed E-state index contributed by atoms with van der Waals surface area (Å²) in [6.45, 7) is 12.4. The molecule has 2 heteroatoms. The first kappa shape index (κ1) is 12.9. The number of nitrogens with zero attached hydrogens (tertiary/aromatic N) is 1. The lowest BCUT2D eigenvalue weighted by atomic mass is 10.1. The number of rotatable bonds is 7. The van der Waals surface area contributed by atoms with Gasteiger partial charge in [-0.25, -0.2) is 0 Å². The second-order valence-electron chi connectivity index (χ2n) is 4.59. The third-order valence-electron chi connectivity index (χ3n) is 2.13. The Labute approximate surface area is 83.7 Å². The molecule has 0 radical (unpaired) electrons. The van der Waals surface area contributed by atoms with Gasteiger partial charge in [0.2, 0.25) is 0 Å². The molecule has 0 aliphatic rings. The van der Waals surface area contributed by atoms with E-state index >= 15 is 0 Å². The van der Waals surface area contributed by atoms with Gasteiger partial charge in [-0.2, -0.15) is 0 Å². The summed E-state index contributed by atoms with van der Waals surface area (Å²) >= 11 is 0. The lowest BCUT2D eigenvalue weighted by Crippen LogP contribution is -2.33. The van der Waals surface area contributed by atoms with Crippen molar-refractivity contribution in [1.82, 2.24) is 10.2 Å². The van der Waals surface area contributed by atoms with Crippen LogP contribution >= 0.6 is 0 Å². The van der Waals surface area contributed by atoms with Crippen LogP contribution in [-0.4, -0.2) is 37.6 Å². The fourth-order valence-corrected chi connectivity index (χ4v) is 1.13. The van der Waals surface area contributed by atoms with E-state index in [2.05, 4.69) is 45.0 Å². The molecule has 1 N–H and O–H groups in total. The predicted octanol–water partition coefficient (Wildman–Crippen LogP) is 1.96. The van der Waals surface area contributed by atoms with Crippen molar-refractivity contribution < 1.29 is 0 Å². The highest BCUT2D eigenvalue weighted by Crippen LogP contribution is 1.99. The van der Waals surface area contributed by atoms with Gasteiger partial charge in [0.25, 0.3) is 0 Å². The van der Waals surface area contributed by atoms with E-state index in [1.807, 2.05) is 0 Å². The molecular formula is C11H26N2. The maximum absolute atomic E-state index is 3.42. The quantitative estimate of drug-likeness (QED) is 0.654. The molecule has 80 valence electrons. The van der Waals surface area contributed by atoms with E-state index in [1.165, 1.54) is 13.0 Å². The number of nitrogens with one attached hydrogen (secondary N) is 1. The average Bonchev–Trinajstić information content (AvgIpc) is 2.00. The van der Waals surface area contributed by atoms with Gasteiger partial charge >= 0.3 is 0 Å². The highest BCUT2D eigenvalue weighted by atomic mass is 15.1. The molecule has 2 nitrogen and oxygen atoms in total. The standard InChI is InChI=1S/C11H26N2/c1-10(2)6-8-13(5)9-7-12-11(3)4/h10-12H,6-9H2,1-5H3. The third-order valence-corrected chi connectivity index (χ3v) is 2.13. The van der Waals surface area contributed by atoms with Gasteiger partial charge in [0.1, 0.15) is 0 Å². The normalized spacial score (nSPS) is 12.0. The zero-order valence-electron chi connectivity index (χ0n) is 9.93. The van der Waals surface area contributed by atoms with Crippen LogP contribution in [0.25, 0.3) is 0 Å². The first-order valence-corrected chi connectivity index (χ1v) is 5.44. The van der Waals surface area contributed by atoms with Crippen LogP contribution in [0.4, 0.5) is 0 Å². The Hall–Kier alpha value is -0.0800. The fourth-order valence-electron chi connectivity index (χ4n) is 1.13. The van der Waals surface area contributed by atoms with Gasteiger partial charge in [-0.3, -0.25) is 0 Å². The summed E-state index contributed by atoms with van der Waals surface area (Å²) in [5.41, 5.74) is 0. The van der Waals surface area contributed by atoms with Gasteiger partial charge in [-0.15, -0.1) is 0 Å². The molecule has 0 saturated heterocycles. The molecule has 13 heavy (non-hydrogen) atoms. The maximum Gasteiger partial charge on any atom is 0.0104 e. The Morgan fingerprint density at radius 3 is 2.15 bits per heavy atom. The van der Waals surface area contributed by atoms with Crippen molar-refractivity contribution >= 4 is 0 Å². The second kappa shape index (κ2) is 7.34. The van der Waals surface area contributed by atoms with Gasteiger partial charge in [-0.1, -0.05) is 27.7 Å². The largest absolute Gasteiger partial charge is 0.313 e. The molecule has 0 fully saturated rings. The number of hydrogen-bond donors (Lipinski definition) is 1. The minimum absolute atomic E-state index is 0.610. The highest BCUT2D eigenvalue weighted by molar-refractivity contribution is 4.58. The van der Waals surface area contributed by atoms with Crippen molar-refractivity contribution in [1.29, 1.82) is 0 Å². The molecule has 0 aliphatic heterocycles. The zero-order valence-corrected chi connectivity index (χ0v) is 9.93. The zero-order chi connectivity index (χ0) is 10.3. The van der Waals surface area contributed by atoms with E-state index in [1.54, 1.807) is 0 Å². The SMILES string of the molecule is CC(C)CCN(C)CCNC(C)C. The van der Waals surface area contributed by atoms with Crippen LogP contribution in [0, 0.1) is 5.92 Å². The van der Waals surface area contributed by atoms with Crippen LogP contribution in [0.5, 0.6) is 0 Å². The maximum atomic E-state index is 3.42. The Balaban J connectivity index is 3.25. The third kappa shape index (κ3) is 9.84. The molecule has 0 atom stereocenters. The van der Waals surface area contributed by atoms with Crippen LogP contribution in [0.15, 0.2) is 0 Å². The summed E-state index contributed by atoms with van der Waals surface area (Å²) in [5.74, 6) is 0.820. The van der Waals surface area contributed by atoms with Gasteiger partial charge in [0, 0.05) is 19.1 Å². The van der Waals surface area contributed by atoms with Crippen molar-refractivity contribution in [2.24, 2.45) is 5.92 Å². The Kier molecular flexibility index (Phi) is 7.29. The lowest BCUT2D eigenvalue weighted by Gasteiger charge is -2.18. The first-order chi connectivity index (χ1) is 6.02.